The minimum absolute atomic E-state index is 0.00352. The normalized spacial score (nSPS) is 30.3. The molecule has 0 spiro atoms. The second-order valence-corrected chi connectivity index (χ2v) is 7.26. The lowest BCUT2D eigenvalue weighted by atomic mass is 9.63. The molecule has 0 aromatic heterocycles. The van der Waals surface area contributed by atoms with Crippen LogP contribution in [0, 0.1) is 11.3 Å². The summed E-state index contributed by atoms with van der Waals surface area (Å²) < 4.78 is 5.12. The quantitative estimate of drug-likeness (QED) is 0.756. The van der Waals surface area contributed by atoms with Crippen molar-refractivity contribution in [2.45, 2.75) is 31.7 Å². The van der Waals surface area contributed by atoms with E-state index >= 15 is 0 Å². The Morgan fingerprint density at radius 2 is 1.91 bits per heavy atom. The molecular weight excluding hydrogens is 337 g/mol. The van der Waals surface area contributed by atoms with Gasteiger partial charge in [0.1, 0.15) is 5.41 Å². The highest BCUT2D eigenvalue weighted by molar-refractivity contribution is 6.34. The van der Waals surface area contributed by atoms with Gasteiger partial charge in [-0.05, 0) is 36.6 Å². The molecule has 1 amide bonds. The summed E-state index contributed by atoms with van der Waals surface area (Å²) in [5.41, 5.74) is -0.0690. The molecule has 1 saturated heterocycles. The van der Waals surface area contributed by atoms with Crippen molar-refractivity contribution in [2.75, 3.05) is 14.2 Å². The van der Waals surface area contributed by atoms with Crippen LogP contribution in [0.2, 0.25) is 10.0 Å². The first-order valence-corrected chi connectivity index (χ1v) is 8.48. The Morgan fingerprint density at radius 1 is 1.26 bits per heavy atom. The van der Waals surface area contributed by atoms with Crippen LogP contribution in [-0.2, 0) is 14.3 Å². The summed E-state index contributed by atoms with van der Waals surface area (Å²) in [6.07, 6.45) is 3.20. The van der Waals surface area contributed by atoms with E-state index in [9.17, 15) is 9.59 Å². The van der Waals surface area contributed by atoms with Crippen molar-refractivity contribution in [1.82, 2.24) is 4.90 Å². The lowest BCUT2D eigenvalue weighted by molar-refractivity contribution is -0.160. The van der Waals surface area contributed by atoms with Gasteiger partial charge in [-0.2, -0.15) is 0 Å². The molecule has 4 nitrogen and oxygen atoms in total. The number of halogens is 2. The average Bonchev–Trinajstić information content (AvgIpc) is 2.75. The Morgan fingerprint density at radius 3 is 2.52 bits per heavy atom. The number of methoxy groups -OCH3 is 1. The number of amides is 1. The molecule has 1 aliphatic heterocycles. The van der Waals surface area contributed by atoms with E-state index in [4.69, 9.17) is 27.9 Å². The van der Waals surface area contributed by atoms with Crippen molar-refractivity contribution < 1.29 is 14.3 Å². The third-order valence-electron chi connectivity index (χ3n) is 5.24. The van der Waals surface area contributed by atoms with Crippen LogP contribution in [0.3, 0.4) is 0 Å². The molecule has 3 atom stereocenters. The third kappa shape index (κ3) is 2.43. The van der Waals surface area contributed by atoms with E-state index in [-0.39, 0.29) is 17.8 Å². The van der Waals surface area contributed by atoms with Crippen molar-refractivity contribution in [3.05, 3.63) is 33.8 Å². The molecule has 1 aromatic rings. The van der Waals surface area contributed by atoms with E-state index in [1.54, 1.807) is 30.1 Å². The largest absolute Gasteiger partial charge is 0.469 e. The fourth-order valence-corrected chi connectivity index (χ4v) is 4.93. The maximum absolute atomic E-state index is 12.8. The minimum Gasteiger partial charge on any atom is -0.469 e. The van der Waals surface area contributed by atoms with E-state index in [1.807, 2.05) is 0 Å². The first-order chi connectivity index (χ1) is 10.9. The number of fused-ring (bicyclic) bond motifs is 1. The number of esters is 1. The SMILES string of the molecule is COC(=O)[C@]12CCCC[C@@H]1C(=O)N(C)[C@@H]2c1cc(Cl)cc(Cl)c1. The number of hydrogen-bond acceptors (Lipinski definition) is 3. The second-order valence-electron chi connectivity index (χ2n) is 6.38. The van der Waals surface area contributed by atoms with Gasteiger partial charge in [-0.3, -0.25) is 9.59 Å². The molecule has 0 bridgehead atoms. The molecule has 2 fully saturated rings. The van der Waals surface area contributed by atoms with Crippen LogP contribution in [0.5, 0.6) is 0 Å². The Bertz CT molecular complexity index is 643. The van der Waals surface area contributed by atoms with Crippen molar-refractivity contribution in [3.63, 3.8) is 0 Å². The van der Waals surface area contributed by atoms with Gasteiger partial charge >= 0.3 is 5.97 Å². The molecule has 0 unspecified atom stereocenters. The van der Waals surface area contributed by atoms with Crippen LogP contribution in [0.15, 0.2) is 18.2 Å². The van der Waals surface area contributed by atoms with Gasteiger partial charge < -0.3 is 9.64 Å². The fourth-order valence-electron chi connectivity index (χ4n) is 4.39. The summed E-state index contributed by atoms with van der Waals surface area (Å²) in [6, 6.07) is 4.81. The molecule has 2 aliphatic rings. The van der Waals surface area contributed by atoms with Gasteiger partial charge in [0.2, 0.25) is 5.91 Å². The number of rotatable bonds is 2. The van der Waals surface area contributed by atoms with Crippen LogP contribution in [0.4, 0.5) is 0 Å². The van der Waals surface area contributed by atoms with E-state index in [0.717, 1.165) is 18.4 Å². The number of hydrogen-bond donors (Lipinski definition) is 0. The van der Waals surface area contributed by atoms with E-state index in [1.165, 1.54) is 7.11 Å². The highest BCUT2D eigenvalue weighted by atomic mass is 35.5. The summed E-state index contributed by atoms with van der Waals surface area (Å²) >= 11 is 12.3. The number of nitrogens with zero attached hydrogens (tertiary/aromatic N) is 1. The van der Waals surface area contributed by atoms with E-state index in [0.29, 0.717) is 22.9 Å². The molecule has 1 aromatic carbocycles. The van der Waals surface area contributed by atoms with Crippen LogP contribution in [0.25, 0.3) is 0 Å². The average molecular weight is 356 g/mol. The highest BCUT2D eigenvalue weighted by Gasteiger charge is 2.63. The van der Waals surface area contributed by atoms with Crippen LogP contribution >= 0.6 is 23.2 Å². The third-order valence-corrected chi connectivity index (χ3v) is 5.68. The predicted molar refractivity (Wildman–Crippen MR) is 88.4 cm³/mol. The van der Waals surface area contributed by atoms with Crippen molar-refractivity contribution in [1.29, 1.82) is 0 Å². The highest BCUT2D eigenvalue weighted by Crippen LogP contribution is 2.58. The topological polar surface area (TPSA) is 46.6 Å². The molecule has 3 rings (SSSR count). The van der Waals surface area contributed by atoms with Gasteiger partial charge in [-0.1, -0.05) is 36.0 Å². The Hall–Kier alpha value is -1.26. The molecule has 6 heteroatoms. The maximum atomic E-state index is 12.8. The molecule has 124 valence electrons. The van der Waals surface area contributed by atoms with Crippen LogP contribution in [-0.4, -0.2) is 30.9 Å². The van der Waals surface area contributed by atoms with Crippen LogP contribution < -0.4 is 0 Å². The zero-order valence-corrected chi connectivity index (χ0v) is 14.7. The summed E-state index contributed by atoms with van der Waals surface area (Å²) in [4.78, 5) is 27.2. The number of benzene rings is 1. The summed E-state index contributed by atoms with van der Waals surface area (Å²) in [7, 11) is 3.12. The van der Waals surface area contributed by atoms with Gasteiger partial charge in [0.05, 0.1) is 19.1 Å². The zero-order chi connectivity index (χ0) is 16.8. The molecule has 1 saturated carbocycles. The Labute approximate surface area is 145 Å². The smallest absolute Gasteiger partial charge is 0.315 e. The Kier molecular flexibility index (Phi) is 4.32. The second kappa shape index (κ2) is 5.99. The molecule has 1 aliphatic carbocycles. The number of ether oxygens (including phenoxy) is 1. The van der Waals surface area contributed by atoms with Crippen molar-refractivity contribution >= 4 is 35.1 Å². The molecule has 0 radical (unpaired) electrons. The first kappa shape index (κ1) is 16.6. The minimum atomic E-state index is -0.854. The summed E-state index contributed by atoms with van der Waals surface area (Å²) in [6.45, 7) is 0. The predicted octanol–water partition coefficient (Wildman–Crippen LogP) is 3.86. The first-order valence-electron chi connectivity index (χ1n) is 7.73. The number of carbonyl (C=O) groups excluding carboxylic acids is 2. The monoisotopic (exact) mass is 355 g/mol. The summed E-state index contributed by atoms with van der Waals surface area (Å²) in [5, 5.41) is 0.986. The van der Waals surface area contributed by atoms with Gasteiger partial charge in [0.15, 0.2) is 0 Å². The zero-order valence-electron chi connectivity index (χ0n) is 13.1. The summed E-state index contributed by atoms with van der Waals surface area (Å²) in [5.74, 6) is -0.659. The fraction of sp³-hybridized carbons (Fsp3) is 0.529. The Balaban J connectivity index is 2.18. The van der Waals surface area contributed by atoms with Crippen LogP contribution in [0.1, 0.15) is 37.3 Å². The number of carbonyl (C=O) groups is 2. The van der Waals surface area contributed by atoms with Gasteiger partial charge in [0, 0.05) is 17.1 Å². The van der Waals surface area contributed by atoms with E-state index < -0.39 is 11.5 Å². The lowest BCUT2D eigenvalue weighted by Gasteiger charge is -2.39. The molecule has 23 heavy (non-hydrogen) atoms. The van der Waals surface area contributed by atoms with Gasteiger partial charge in [0.25, 0.3) is 0 Å². The standard InChI is InChI=1S/C17H19Cl2NO3/c1-20-14(10-7-11(18)9-12(19)8-10)17(16(22)23-2)6-4-3-5-13(17)15(20)21/h7-9,13-14H,3-6H2,1-2H3/t13-,14-,17-/m1/s1. The van der Waals surface area contributed by atoms with Gasteiger partial charge in [-0.25, -0.2) is 0 Å². The lowest BCUT2D eigenvalue weighted by Crippen LogP contribution is -2.44. The number of likely N-dealkylation sites (tertiary alicyclic amines) is 1. The van der Waals surface area contributed by atoms with Crippen molar-refractivity contribution in [3.8, 4) is 0 Å². The maximum Gasteiger partial charge on any atom is 0.315 e. The molecule has 1 heterocycles. The van der Waals surface area contributed by atoms with Crippen molar-refractivity contribution in [2.24, 2.45) is 11.3 Å². The van der Waals surface area contributed by atoms with Gasteiger partial charge in [-0.15, -0.1) is 0 Å². The van der Waals surface area contributed by atoms with E-state index in [2.05, 4.69) is 0 Å². The molecule has 0 N–H and O–H groups in total. The molecular formula is C17H19Cl2NO3.